The molecule has 9 heteroatoms. The van der Waals surface area contributed by atoms with E-state index in [0.29, 0.717) is 25.1 Å². The van der Waals surface area contributed by atoms with Crippen molar-refractivity contribution in [3.63, 3.8) is 0 Å². The lowest BCUT2D eigenvalue weighted by atomic mass is 10.1. The molecule has 0 aliphatic heterocycles. The molecular formula is C18H20N2O6S. The fourth-order valence-corrected chi connectivity index (χ4v) is 2.56. The average Bonchev–Trinajstić information content (AvgIpc) is 2.60. The lowest BCUT2D eigenvalue weighted by Crippen LogP contribution is -2.29. The molecule has 144 valence electrons. The maximum absolute atomic E-state index is 12.0. The molecule has 2 aromatic rings. The van der Waals surface area contributed by atoms with E-state index < -0.39 is 16.3 Å². The molecule has 0 unspecified atom stereocenters. The highest BCUT2D eigenvalue weighted by Crippen LogP contribution is 2.14. The number of hydrogen-bond donors (Lipinski definition) is 3. The van der Waals surface area contributed by atoms with Crippen LogP contribution in [0.3, 0.4) is 0 Å². The second kappa shape index (κ2) is 9.15. The quantitative estimate of drug-likeness (QED) is 0.465. The molecule has 2 rings (SSSR count). The van der Waals surface area contributed by atoms with Gasteiger partial charge in [0.15, 0.2) is 0 Å². The van der Waals surface area contributed by atoms with Crippen molar-refractivity contribution >= 4 is 22.2 Å². The molecule has 8 nitrogen and oxygen atoms in total. The van der Waals surface area contributed by atoms with Crippen molar-refractivity contribution in [2.45, 2.75) is 13.3 Å². The minimum Gasteiger partial charge on any atom is -0.362 e. The van der Waals surface area contributed by atoms with Crippen molar-refractivity contribution in [1.29, 1.82) is 0 Å². The zero-order valence-electron chi connectivity index (χ0n) is 14.6. The highest BCUT2D eigenvalue weighted by atomic mass is 32.3. The first kappa shape index (κ1) is 20.4. The predicted molar refractivity (Wildman–Crippen MR) is 99.1 cm³/mol. The standard InChI is InChI=1S/C18H20N2O6S/c1-13-6-8-14(9-7-13)17(21)19-10-3-11-20-18(22)15-4-2-5-16(12-15)26-27(23,24)25/h2,4-9,12H,3,10-11H2,1H3,(H,19,21)(H,20,22)(H,23,24,25). The summed E-state index contributed by atoms with van der Waals surface area (Å²) < 4.78 is 34.4. The summed E-state index contributed by atoms with van der Waals surface area (Å²) in [6.07, 6.45) is 0.518. The fraction of sp³-hybridized carbons (Fsp3) is 0.222. The molecule has 27 heavy (non-hydrogen) atoms. The molecule has 2 aromatic carbocycles. The van der Waals surface area contributed by atoms with E-state index in [-0.39, 0.29) is 17.2 Å². The van der Waals surface area contributed by atoms with Crippen LogP contribution < -0.4 is 14.8 Å². The average molecular weight is 392 g/mol. The molecule has 0 fully saturated rings. The zero-order chi connectivity index (χ0) is 19.9. The van der Waals surface area contributed by atoms with E-state index in [4.69, 9.17) is 4.55 Å². The van der Waals surface area contributed by atoms with Crippen LogP contribution >= 0.6 is 0 Å². The first-order valence-corrected chi connectivity index (χ1v) is 9.51. The molecule has 0 bridgehead atoms. The number of benzene rings is 2. The lowest BCUT2D eigenvalue weighted by Gasteiger charge is -2.08. The third-order valence-corrected chi connectivity index (χ3v) is 3.94. The van der Waals surface area contributed by atoms with Crippen LogP contribution in [-0.4, -0.2) is 37.9 Å². The fourth-order valence-electron chi connectivity index (χ4n) is 2.21. The van der Waals surface area contributed by atoms with Crippen LogP contribution in [0.2, 0.25) is 0 Å². The van der Waals surface area contributed by atoms with E-state index in [9.17, 15) is 18.0 Å². The molecule has 0 heterocycles. The first-order chi connectivity index (χ1) is 12.7. The monoisotopic (exact) mass is 392 g/mol. The molecular weight excluding hydrogens is 372 g/mol. The van der Waals surface area contributed by atoms with Gasteiger partial charge in [-0.15, -0.1) is 0 Å². The molecule has 0 saturated carbocycles. The maximum Gasteiger partial charge on any atom is 0.446 e. The highest BCUT2D eigenvalue weighted by molar-refractivity contribution is 7.81. The van der Waals surface area contributed by atoms with E-state index in [2.05, 4.69) is 14.8 Å². The summed E-state index contributed by atoms with van der Waals surface area (Å²) in [6, 6.07) is 12.6. The Morgan fingerprint density at radius 1 is 0.963 bits per heavy atom. The van der Waals surface area contributed by atoms with Crippen LogP contribution in [0.1, 0.15) is 32.7 Å². The van der Waals surface area contributed by atoms with Gasteiger partial charge >= 0.3 is 10.4 Å². The van der Waals surface area contributed by atoms with Gasteiger partial charge in [0.1, 0.15) is 5.75 Å². The summed E-state index contributed by atoms with van der Waals surface area (Å²) in [5.41, 5.74) is 1.82. The second-order valence-electron chi connectivity index (χ2n) is 5.77. The Kier molecular flexibility index (Phi) is 6.91. The van der Waals surface area contributed by atoms with Gasteiger partial charge in [-0.3, -0.25) is 14.1 Å². The molecule has 0 aliphatic rings. The van der Waals surface area contributed by atoms with Crippen molar-refractivity contribution < 1.29 is 26.7 Å². The molecule has 2 amide bonds. The van der Waals surface area contributed by atoms with Crippen LogP contribution in [0.5, 0.6) is 5.75 Å². The Hall–Kier alpha value is -2.91. The molecule has 0 spiro atoms. The molecule has 0 aliphatic carbocycles. The van der Waals surface area contributed by atoms with E-state index >= 15 is 0 Å². The summed E-state index contributed by atoms with van der Waals surface area (Å²) in [6.45, 7) is 2.64. The zero-order valence-corrected chi connectivity index (χ0v) is 15.5. The number of aryl methyl sites for hydroxylation is 1. The van der Waals surface area contributed by atoms with Crippen LogP contribution in [-0.2, 0) is 10.4 Å². The number of nitrogens with one attached hydrogen (secondary N) is 2. The van der Waals surface area contributed by atoms with Gasteiger partial charge < -0.3 is 14.8 Å². The lowest BCUT2D eigenvalue weighted by molar-refractivity contribution is 0.0951. The van der Waals surface area contributed by atoms with Crippen molar-refractivity contribution in [1.82, 2.24) is 10.6 Å². The Morgan fingerprint density at radius 3 is 2.15 bits per heavy atom. The van der Waals surface area contributed by atoms with Gasteiger partial charge in [-0.05, 0) is 43.7 Å². The number of rotatable bonds is 8. The Balaban J connectivity index is 1.75. The van der Waals surface area contributed by atoms with Gasteiger partial charge in [0, 0.05) is 24.2 Å². The number of carbonyl (C=O) groups excluding carboxylic acids is 2. The maximum atomic E-state index is 12.0. The van der Waals surface area contributed by atoms with Gasteiger partial charge in [-0.1, -0.05) is 23.8 Å². The molecule has 0 saturated heterocycles. The Bertz CT molecular complexity index is 910. The molecule has 0 radical (unpaired) electrons. The van der Waals surface area contributed by atoms with Crippen molar-refractivity contribution in [3.05, 3.63) is 65.2 Å². The van der Waals surface area contributed by atoms with E-state index in [1.165, 1.54) is 24.3 Å². The molecule has 0 aromatic heterocycles. The van der Waals surface area contributed by atoms with Gasteiger partial charge in [-0.25, -0.2) is 0 Å². The largest absolute Gasteiger partial charge is 0.446 e. The van der Waals surface area contributed by atoms with Crippen molar-refractivity contribution in [2.24, 2.45) is 0 Å². The summed E-state index contributed by atoms with van der Waals surface area (Å²) in [5, 5.41) is 5.41. The summed E-state index contributed by atoms with van der Waals surface area (Å²) >= 11 is 0. The predicted octanol–water partition coefficient (Wildman–Crippen LogP) is 1.73. The topological polar surface area (TPSA) is 122 Å². The van der Waals surface area contributed by atoms with E-state index in [1.54, 1.807) is 12.1 Å². The second-order valence-corrected chi connectivity index (χ2v) is 6.79. The summed E-state index contributed by atoms with van der Waals surface area (Å²) in [5.74, 6) is -0.785. The van der Waals surface area contributed by atoms with E-state index in [0.717, 1.165) is 5.56 Å². The van der Waals surface area contributed by atoms with Gasteiger partial charge in [-0.2, -0.15) is 8.42 Å². The number of hydrogen-bond acceptors (Lipinski definition) is 5. The summed E-state index contributed by atoms with van der Waals surface area (Å²) in [4.78, 5) is 24.0. The van der Waals surface area contributed by atoms with Crippen LogP contribution in [0.15, 0.2) is 48.5 Å². The SMILES string of the molecule is Cc1ccc(C(=O)NCCCNC(=O)c2cccc(OS(=O)(=O)O)c2)cc1. The number of carbonyl (C=O) groups is 2. The van der Waals surface area contributed by atoms with E-state index in [1.807, 2.05) is 19.1 Å². The number of amides is 2. The smallest absolute Gasteiger partial charge is 0.362 e. The van der Waals surface area contributed by atoms with Gasteiger partial charge in [0.2, 0.25) is 0 Å². The Morgan fingerprint density at radius 2 is 1.56 bits per heavy atom. The molecule has 3 N–H and O–H groups in total. The van der Waals surface area contributed by atoms with Gasteiger partial charge in [0.05, 0.1) is 0 Å². The normalized spacial score (nSPS) is 10.9. The minimum atomic E-state index is -4.65. The summed E-state index contributed by atoms with van der Waals surface area (Å²) in [7, 11) is -4.65. The third kappa shape index (κ3) is 7.08. The first-order valence-electron chi connectivity index (χ1n) is 8.14. The highest BCUT2D eigenvalue weighted by Gasteiger charge is 2.11. The third-order valence-electron chi connectivity index (χ3n) is 3.54. The van der Waals surface area contributed by atoms with Crippen molar-refractivity contribution in [2.75, 3.05) is 13.1 Å². The van der Waals surface area contributed by atoms with Crippen LogP contribution in [0.4, 0.5) is 0 Å². The van der Waals surface area contributed by atoms with Crippen LogP contribution in [0.25, 0.3) is 0 Å². The Labute approximate surface area is 157 Å². The van der Waals surface area contributed by atoms with Crippen molar-refractivity contribution in [3.8, 4) is 5.75 Å². The minimum absolute atomic E-state index is 0.171. The molecule has 0 atom stereocenters. The van der Waals surface area contributed by atoms with Crippen LogP contribution in [0, 0.1) is 6.92 Å². The van der Waals surface area contributed by atoms with Gasteiger partial charge in [0.25, 0.3) is 11.8 Å².